The van der Waals surface area contributed by atoms with E-state index in [0.717, 1.165) is 6.92 Å². The fourth-order valence-corrected chi connectivity index (χ4v) is 2.59. The summed E-state index contributed by atoms with van der Waals surface area (Å²) in [5, 5.41) is 0.419. The molecule has 0 aliphatic rings. The van der Waals surface area contributed by atoms with Crippen molar-refractivity contribution >= 4 is 38.8 Å². The second-order valence-corrected chi connectivity index (χ2v) is 6.09. The Morgan fingerprint density at radius 1 is 1.27 bits per heavy atom. The fourth-order valence-electron chi connectivity index (χ4n) is 0.962. The number of carbonyl (C=O) groups is 1. The van der Waals surface area contributed by atoms with Gasteiger partial charge < -0.3 is 0 Å². The molecule has 1 unspecified atom stereocenters. The third kappa shape index (κ3) is 2.71. The largest absolute Gasteiger partial charge is 0.297 e. The number of alkyl halides is 1. The van der Waals surface area contributed by atoms with Gasteiger partial charge in [0.25, 0.3) is 0 Å². The van der Waals surface area contributed by atoms with Gasteiger partial charge >= 0.3 is 0 Å². The number of Topliss-reactive ketones (excluding diaryl/α,β-unsaturated/α-hetero) is 1. The first-order valence-corrected chi connectivity index (χ1v) is 6.36. The van der Waals surface area contributed by atoms with Crippen LogP contribution in [0.4, 0.5) is 0 Å². The number of benzene rings is 1. The number of halogens is 2. The zero-order chi connectivity index (χ0) is 11.6. The molecule has 0 bridgehead atoms. The Balaban J connectivity index is 3.17. The normalized spacial score (nSPS) is 13.5. The molecule has 0 spiro atoms. The molecule has 1 aromatic rings. The summed E-state index contributed by atoms with van der Waals surface area (Å²) in [4.78, 5) is 10.9. The summed E-state index contributed by atoms with van der Waals surface area (Å²) in [6.45, 7) is 1.13. The number of hydrogen-bond donors (Lipinski definition) is 0. The van der Waals surface area contributed by atoms with Gasteiger partial charge in [-0.1, -0.05) is 23.2 Å². The second kappa shape index (κ2) is 4.51. The van der Waals surface area contributed by atoms with Crippen LogP contribution in [0.3, 0.4) is 0 Å². The highest BCUT2D eigenvalue weighted by atomic mass is 35.5. The Morgan fingerprint density at radius 3 is 2.13 bits per heavy atom. The van der Waals surface area contributed by atoms with Gasteiger partial charge in [-0.3, -0.25) is 4.79 Å². The number of ketones is 1. The van der Waals surface area contributed by atoms with Crippen LogP contribution in [0.25, 0.3) is 0 Å². The maximum absolute atomic E-state index is 11.7. The lowest BCUT2D eigenvalue weighted by Crippen LogP contribution is -2.22. The SMILES string of the molecule is CC(=O)C(Cl)S(=O)(=O)c1ccc(Cl)cc1. The minimum Gasteiger partial charge on any atom is -0.297 e. The standard InChI is InChI=1S/C9H8Cl2O3S/c1-6(12)9(11)15(13,14)8-4-2-7(10)3-5-8/h2-5,9H,1H3. The molecule has 0 N–H and O–H groups in total. The number of carbonyl (C=O) groups excluding carboxylic acids is 1. The molecule has 15 heavy (non-hydrogen) atoms. The van der Waals surface area contributed by atoms with E-state index in [1.165, 1.54) is 24.3 Å². The van der Waals surface area contributed by atoms with Crippen LogP contribution in [0, 0.1) is 0 Å². The van der Waals surface area contributed by atoms with E-state index in [-0.39, 0.29) is 4.90 Å². The number of rotatable bonds is 3. The molecule has 0 aliphatic heterocycles. The third-order valence-electron chi connectivity index (χ3n) is 1.73. The van der Waals surface area contributed by atoms with Crippen molar-refractivity contribution in [1.29, 1.82) is 0 Å². The van der Waals surface area contributed by atoms with Crippen molar-refractivity contribution < 1.29 is 13.2 Å². The molecular weight excluding hydrogens is 259 g/mol. The molecule has 0 aliphatic carbocycles. The van der Waals surface area contributed by atoms with Crippen LogP contribution in [-0.2, 0) is 14.6 Å². The molecule has 0 radical (unpaired) electrons. The molecule has 3 nitrogen and oxygen atoms in total. The summed E-state index contributed by atoms with van der Waals surface area (Å²) in [5.41, 5.74) is 0. The lowest BCUT2D eigenvalue weighted by molar-refractivity contribution is -0.115. The maximum Gasteiger partial charge on any atom is 0.202 e. The molecule has 1 aromatic carbocycles. The molecule has 0 aromatic heterocycles. The lowest BCUT2D eigenvalue weighted by Gasteiger charge is -2.07. The Labute approximate surface area is 97.9 Å². The van der Waals surface area contributed by atoms with Gasteiger partial charge in [-0.15, -0.1) is 0 Å². The predicted octanol–water partition coefficient (Wildman–Crippen LogP) is 2.27. The van der Waals surface area contributed by atoms with E-state index in [4.69, 9.17) is 23.2 Å². The van der Waals surface area contributed by atoms with Crippen molar-refractivity contribution in [2.45, 2.75) is 16.5 Å². The molecule has 0 saturated carbocycles. The maximum atomic E-state index is 11.7. The molecule has 82 valence electrons. The van der Waals surface area contributed by atoms with Crippen LogP contribution >= 0.6 is 23.2 Å². The van der Waals surface area contributed by atoms with E-state index in [1.54, 1.807) is 0 Å². The number of sulfone groups is 1. The Bertz CT molecular complexity index is 465. The van der Waals surface area contributed by atoms with Crippen LogP contribution in [-0.4, -0.2) is 18.9 Å². The summed E-state index contributed by atoms with van der Waals surface area (Å²) < 4.78 is 21.8. The van der Waals surface area contributed by atoms with Crippen LogP contribution in [0.1, 0.15) is 6.92 Å². The summed E-state index contributed by atoms with van der Waals surface area (Å²) in [7, 11) is -3.80. The van der Waals surface area contributed by atoms with Crippen molar-refractivity contribution in [2.75, 3.05) is 0 Å². The molecular formula is C9H8Cl2O3S. The van der Waals surface area contributed by atoms with E-state index >= 15 is 0 Å². The van der Waals surface area contributed by atoms with Gasteiger partial charge in [0, 0.05) is 5.02 Å². The highest BCUT2D eigenvalue weighted by Gasteiger charge is 2.28. The molecule has 0 saturated heterocycles. The minimum atomic E-state index is -3.80. The molecule has 0 amide bonds. The van der Waals surface area contributed by atoms with Gasteiger partial charge in [-0.05, 0) is 31.2 Å². The first-order valence-electron chi connectivity index (χ1n) is 3.99. The Morgan fingerprint density at radius 2 is 1.73 bits per heavy atom. The van der Waals surface area contributed by atoms with Gasteiger partial charge in [0.1, 0.15) is 0 Å². The monoisotopic (exact) mass is 266 g/mol. The van der Waals surface area contributed by atoms with Crippen LogP contribution in [0.2, 0.25) is 5.02 Å². The topological polar surface area (TPSA) is 51.2 Å². The highest BCUT2D eigenvalue weighted by Crippen LogP contribution is 2.21. The fraction of sp³-hybridized carbons (Fsp3) is 0.222. The smallest absolute Gasteiger partial charge is 0.202 e. The van der Waals surface area contributed by atoms with E-state index in [9.17, 15) is 13.2 Å². The third-order valence-corrected chi connectivity index (χ3v) is 4.80. The predicted molar refractivity (Wildman–Crippen MR) is 59.0 cm³/mol. The van der Waals surface area contributed by atoms with Gasteiger partial charge in [-0.2, -0.15) is 0 Å². The van der Waals surface area contributed by atoms with E-state index < -0.39 is 20.3 Å². The summed E-state index contributed by atoms with van der Waals surface area (Å²) in [6.07, 6.45) is 0. The average Bonchev–Trinajstić information content (AvgIpc) is 2.17. The molecule has 0 fully saturated rings. The van der Waals surface area contributed by atoms with Gasteiger partial charge in [-0.25, -0.2) is 8.42 Å². The number of hydrogen-bond acceptors (Lipinski definition) is 3. The van der Waals surface area contributed by atoms with E-state index in [2.05, 4.69) is 0 Å². The minimum absolute atomic E-state index is 0.0119. The lowest BCUT2D eigenvalue weighted by atomic mass is 10.4. The van der Waals surface area contributed by atoms with Crippen LogP contribution in [0.5, 0.6) is 0 Å². The van der Waals surface area contributed by atoms with Crippen LogP contribution in [0.15, 0.2) is 29.2 Å². The van der Waals surface area contributed by atoms with Crippen molar-refractivity contribution in [3.05, 3.63) is 29.3 Å². The van der Waals surface area contributed by atoms with E-state index in [0.29, 0.717) is 5.02 Å². The second-order valence-electron chi connectivity index (χ2n) is 2.93. The molecule has 0 heterocycles. The quantitative estimate of drug-likeness (QED) is 0.789. The van der Waals surface area contributed by atoms with Crippen molar-refractivity contribution in [2.24, 2.45) is 0 Å². The summed E-state index contributed by atoms with van der Waals surface area (Å²) in [5.74, 6) is -0.605. The van der Waals surface area contributed by atoms with Gasteiger partial charge in [0.2, 0.25) is 9.84 Å². The Kier molecular flexibility index (Phi) is 3.76. The van der Waals surface area contributed by atoms with Crippen LogP contribution < -0.4 is 0 Å². The van der Waals surface area contributed by atoms with Crippen molar-refractivity contribution in [1.82, 2.24) is 0 Å². The van der Waals surface area contributed by atoms with E-state index in [1.807, 2.05) is 0 Å². The Hall–Kier alpha value is -0.580. The van der Waals surface area contributed by atoms with Gasteiger partial charge in [0.05, 0.1) is 4.90 Å². The average molecular weight is 267 g/mol. The molecule has 1 rings (SSSR count). The van der Waals surface area contributed by atoms with Crippen molar-refractivity contribution in [3.63, 3.8) is 0 Å². The first kappa shape index (κ1) is 12.5. The summed E-state index contributed by atoms with van der Waals surface area (Å²) >= 11 is 11.1. The van der Waals surface area contributed by atoms with Gasteiger partial charge in [0.15, 0.2) is 10.5 Å². The summed E-state index contributed by atoms with van der Waals surface area (Å²) in [6, 6.07) is 5.49. The highest BCUT2D eigenvalue weighted by molar-refractivity contribution is 7.94. The zero-order valence-electron chi connectivity index (χ0n) is 7.78. The first-order chi connectivity index (χ1) is 6.85. The zero-order valence-corrected chi connectivity index (χ0v) is 10.1. The molecule has 6 heteroatoms. The molecule has 1 atom stereocenters. The van der Waals surface area contributed by atoms with Crippen molar-refractivity contribution in [3.8, 4) is 0 Å².